The Morgan fingerprint density at radius 1 is 1.11 bits per heavy atom. The lowest BCUT2D eigenvalue weighted by molar-refractivity contribution is 0.0545. The van der Waals surface area contributed by atoms with Crippen LogP contribution in [0.1, 0.15) is 29.5 Å². The summed E-state index contributed by atoms with van der Waals surface area (Å²) in [4.78, 5) is 15.0. The molecule has 0 aliphatic carbocycles. The number of benzene rings is 2. The van der Waals surface area contributed by atoms with Crippen LogP contribution < -0.4 is 5.32 Å². The summed E-state index contributed by atoms with van der Waals surface area (Å²) in [6, 6.07) is 19.0. The SMILES string of the molecule is CC[C@H](CO)N(Cc1ccco1)C(=O)c1cccc(-c2ccc(NC)cc2)c1. The fraction of sp³-hybridized carbons (Fsp3) is 0.261. The molecule has 3 aromatic rings. The number of carbonyl (C=O) groups excluding carboxylic acids is 1. The summed E-state index contributed by atoms with van der Waals surface area (Å²) in [6.45, 7) is 2.20. The van der Waals surface area contributed by atoms with E-state index in [0.29, 0.717) is 24.3 Å². The molecule has 0 saturated carbocycles. The van der Waals surface area contributed by atoms with Gasteiger partial charge in [0.15, 0.2) is 0 Å². The highest BCUT2D eigenvalue weighted by molar-refractivity contribution is 5.95. The standard InChI is InChI=1S/C23H26N2O3/c1-3-21(16-26)25(15-22-8-5-13-28-22)23(27)19-7-4-6-18(14-19)17-9-11-20(24-2)12-10-17/h4-14,21,24,26H,3,15-16H2,1-2H3/t21-/m1/s1. The van der Waals surface area contributed by atoms with Gasteiger partial charge in [0.2, 0.25) is 0 Å². The van der Waals surface area contributed by atoms with Crippen molar-refractivity contribution in [3.8, 4) is 11.1 Å². The number of nitrogens with one attached hydrogen (secondary N) is 1. The highest BCUT2D eigenvalue weighted by atomic mass is 16.3. The van der Waals surface area contributed by atoms with Crippen LogP contribution in [0.2, 0.25) is 0 Å². The predicted molar refractivity (Wildman–Crippen MR) is 111 cm³/mol. The quantitative estimate of drug-likeness (QED) is 0.610. The minimum Gasteiger partial charge on any atom is -0.467 e. The molecule has 1 amide bonds. The molecule has 3 rings (SSSR count). The third-order valence-corrected chi connectivity index (χ3v) is 4.91. The van der Waals surface area contributed by atoms with Crippen molar-refractivity contribution in [2.75, 3.05) is 19.0 Å². The first-order valence-electron chi connectivity index (χ1n) is 9.48. The molecule has 1 heterocycles. The highest BCUT2D eigenvalue weighted by Gasteiger charge is 2.24. The minimum atomic E-state index is -0.267. The summed E-state index contributed by atoms with van der Waals surface area (Å²) >= 11 is 0. The highest BCUT2D eigenvalue weighted by Crippen LogP contribution is 2.24. The van der Waals surface area contributed by atoms with Crippen molar-refractivity contribution < 1.29 is 14.3 Å². The van der Waals surface area contributed by atoms with Crippen LogP contribution in [0.25, 0.3) is 11.1 Å². The van der Waals surface area contributed by atoms with Gasteiger partial charge in [-0.05, 0) is 53.9 Å². The van der Waals surface area contributed by atoms with Crippen LogP contribution in [0.5, 0.6) is 0 Å². The van der Waals surface area contributed by atoms with E-state index in [1.54, 1.807) is 17.2 Å². The third kappa shape index (κ3) is 4.43. The predicted octanol–water partition coefficient (Wildman–Crippen LogP) is 4.40. The van der Waals surface area contributed by atoms with Gasteiger partial charge in [0.05, 0.1) is 25.5 Å². The summed E-state index contributed by atoms with van der Waals surface area (Å²) in [5, 5.41) is 12.9. The second-order valence-electron chi connectivity index (χ2n) is 6.67. The van der Waals surface area contributed by atoms with Gasteiger partial charge in [-0.2, -0.15) is 0 Å². The van der Waals surface area contributed by atoms with Crippen molar-refractivity contribution in [2.24, 2.45) is 0 Å². The van der Waals surface area contributed by atoms with E-state index in [2.05, 4.69) is 5.32 Å². The molecule has 28 heavy (non-hydrogen) atoms. The number of amides is 1. The van der Waals surface area contributed by atoms with Gasteiger partial charge in [-0.1, -0.05) is 31.2 Å². The number of aliphatic hydroxyl groups excluding tert-OH is 1. The van der Waals surface area contributed by atoms with E-state index < -0.39 is 0 Å². The average molecular weight is 378 g/mol. The van der Waals surface area contributed by atoms with Gasteiger partial charge in [-0.15, -0.1) is 0 Å². The molecule has 0 aliphatic heterocycles. The first-order valence-corrected chi connectivity index (χ1v) is 9.48. The topological polar surface area (TPSA) is 65.7 Å². The molecule has 1 atom stereocenters. The Labute approximate surface area is 165 Å². The summed E-state index contributed by atoms with van der Waals surface area (Å²) in [6.07, 6.45) is 2.25. The Kier molecular flexibility index (Phi) is 6.50. The zero-order chi connectivity index (χ0) is 19.9. The fourth-order valence-electron chi connectivity index (χ4n) is 3.21. The van der Waals surface area contributed by atoms with Crippen LogP contribution in [0.3, 0.4) is 0 Å². The lowest BCUT2D eigenvalue weighted by Gasteiger charge is -2.29. The van der Waals surface area contributed by atoms with Crippen molar-refractivity contribution in [3.63, 3.8) is 0 Å². The van der Waals surface area contributed by atoms with Crippen LogP contribution in [0.4, 0.5) is 5.69 Å². The van der Waals surface area contributed by atoms with Crippen LogP contribution in [-0.4, -0.2) is 35.6 Å². The molecule has 0 unspecified atom stereocenters. The molecule has 0 fully saturated rings. The van der Waals surface area contributed by atoms with E-state index in [4.69, 9.17) is 4.42 Å². The van der Waals surface area contributed by atoms with Gasteiger partial charge >= 0.3 is 0 Å². The molecular weight excluding hydrogens is 352 g/mol. The molecule has 0 bridgehead atoms. The summed E-state index contributed by atoms with van der Waals surface area (Å²) < 4.78 is 5.42. The number of nitrogens with zero attached hydrogens (tertiary/aromatic N) is 1. The molecule has 5 nitrogen and oxygen atoms in total. The number of aliphatic hydroxyl groups is 1. The Morgan fingerprint density at radius 2 is 1.89 bits per heavy atom. The van der Waals surface area contributed by atoms with Gasteiger partial charge in [0, 0.05) is 18.3 Å². The average Bonchev–Trinajstić information content (AvgIpc) is 3.27. The van der Waals surface area contributed by atoms with E-state index in [1.807, 2.05) is 68.6 Å². The normalized spacial score (nSPS) is 11.8. The number of furan rings is 1. The molecule has 2 N–H and O–H groups in total. The lowest BCUT2D eigenvalue weighted by atomic mass is 10.0. The van der Waals surface area contributed by atoms with E-state index in [1.165, 1.54) is 0 Å². The smallest absolute Gasteiger partial charge is 0.254 e. The maximum Gasteiger partial charge on any atom is 0.254 e. The van der Waals surface area contributed by atoms with Crippen molar-refractivity contribution in [3.05, 3.63) is 78.3 Å². The molecule has 1 aromatic heterocycles. The number of anilines is 1. The van der Waals surface area contributed by atoms with Crippen molar-refractivity contribution >= 4 is 11.6 Å². The van der Waals surface area contributed by atoms with Gasteiger partial charge in [-0.25, -0.2) is 0 Å². The molecule has 2 aromatic carbocycles. The van der Waals surface area contributed by atoms with Crippen LogP contribution >= 0.6 is 0 Å². The first-order chi connectivity index (χ1) is 13.7. The van der Waals surface area contributed by atoms with Crippen LogP contribution in [0, 0.1) is 0 Å². The Bertz CT molecular complexity index is 884. The minimum absolute atomic E-state index is 0.0892. The number of rotatable bonds is 8. The maximum atomic E-state index is 13.3. The van der Waals surface area contributed by atoms with E-state index >= 15 is 0 Å². The Morgan fingerprint density at radius 3 is 2.50 bits per heavy atom. The molecule has 0 aliphatic rings. The summed E-state index contributed by atoms with van der Waals surface area (Å²) in [7, 11) is 1.88. The maximum absolute atomic E-state index is 13.3. The largest absolute Gasteiger partial charge is 0.467 e. The third-order valence-electron chi connectivity index (χ3n) is 4.91. The second-order valence-corrected chi connectivity index (χ2v) is 6.67. The monoisotopic (exact) mass is 378 g/mol. The Balaban J connectivity index is 1.89. The Hall–Kier alpha value is -3.05. The molecule has 5 heteroatoms. The molecule has 146 valence electrons. The van der Waals surface area contributed by atoms with Crippen molar-refractivity contribution in [1.82, 2.24) is 4.90 Å². The molecule has 0 spiro atoms. The van der Waals surface area contributed by atoms with Crippen molar-refractivity contribution in [1.29, 1.82) is 0 Å². The lowest BCUT2D eigenvalue weighted by Crippen LogP contribution is -2.41. The zero-order valence-corrected chi connectivity index (χ0v) is 16.3. The summed E-state index contributed by atoms with van der Waals surface area (Å²) in [5.74, 6) is 0.574. The zero-order valence-electron chi connectivity index (χ0n) is 16.3. The first kappa shape index (κ1) is 19.7. The second kappa shape index (κ2) is 9.24. The van der Waals surface area contributed by atoms with Gasteiger partial charge in [0.1, 0.15) is 5.76 Å². The van der Waals surface area contributed by atoms with E-state index in [0.717, 1.165) is 16.8 Å². The molecular formula is C23H26N2O3. The van der Waals surface area contributed by atoms with Gasteiger partial charge in [0.25, 0.3) is 5.91 Å². The fourth-order valence-corrected chi connectivity index (χ4v) is 3.21. The number of hydrogen-bond acceptors (Lipinski definition) is 4. The van der Waals surface area contributed by atoms with E-state index in [9.17, 15) is 9.90 Å². The van der Waals surface area contributed by atoms with E-state index in [-0.39, 0.29) is 18.6 Å². The van der Waals surface area contributed by atoms with Crippen LogP contribution in [0.15, 0.2) is 71.3 Å². The van der Waals surface area contributed by atoms with Crippen LogP contribution in [-0.2, 0) is 6.54 Å². The number of hydrogen-bond donors (Lipinski definition) is 2. The van der Waals surface area contributed by atoms with Gasteiger partial charge < -0.3 is 19.7 Å². The molecule has 0 radical (unpaired) electrons. The number of carbonyl (C=O) groups is 1. The molecule has 0 saturated heterocycles. The summed E-state index contributed by atoms with van der Waals surface area (Å²) in [5.41, 5.74) is 3.65. The van der Waals surface area contributed by atoms with Gasteiger partial charge in [-0.3, -0.25) is 4.79 Å². The van der Waals surface area contributed by atoms with Crippen molar-refractivity contribution in [2.45, 2.75) is 25.9 Å².